The van der Waals surface area contributed by atoms with Crippen LogP contribution >= 0.6 is 0 Å². The van der Waals surface area contributed by atoms with Crippen LogP contribution in [0.4, 0.5) is 0 Å². The lowest BCUT2D eigenvalue weighted by Crippen LogP contribution is -1.87. The Hall–Kier alpha value is -2.49. The molecular weight excluding hydrogens is 212 g/mol. The fourth-order valence-electron chi connectivity index (χ4n) is 1.74. The molecular formula is C13H10N4. The van der Waals surface area contributed by atoms with Gasteiger partial charge in [-0.15, -0.1) is 0 Å². The van der Waals surface area contributed by atoms with Crippen LogP contribution in [-0.2, 0) is 0 Å². The Kier molecular flexibility index (Phi) is 2.38. The molecule has 4 heteroatoms. The van der Waals surface area contributed by atoms with Gasteiger partial charge in [0.25, 0.3) is 0 Å². The van der Waals surface area contributed by atoms with E-state index in [1.54, 1.807) is 12.5 Å². The van der Waals surface area contributed by atoms with Crippen molar-refractivity contribution in [2.24, 2.45) is 0 Å². The lowest BCUT2D eigenvalue weighted by Gasteiger charge is -2.01. The number of nitrogens with one attached hydrogen (secondary N) is 1. The minimum Gasteiger partial charge on any atom is -0.343 e. The van der Waals surface area contributed by atoms with Crippen molar-refractivity contribution in [3.63, 3.8) is 0 Å². The summed E-state index contributed by atoms with van der Waals surface area (Å²) in [6.07, 6.45) is 4.93. The van der Waals surface area contributed by atoms with Gasteiger partial charge in [0.15, 0.2) is 0 Å². The quantitative estimate of drug-likeness (QED) is 0.724. The highest BCUT2D eigenvalue weighted by molar-refractivity contribution is 5.75. The molecule has 0 saturated heterocycles. The molecule has 3 aromatic rings. The Balaban J connectivity index is 2.13. The second-order valence-electron chi connectivity index (χ2n) is 3.59. The minimum atomic E-state index is 0.844. The maximum Gasteiger partial charge on any atom is 0.116 e. The zero-order chi connectivity index (χ0) is 11.5. The SMILES string of the molecule is c1ccc(-c2nc[nH]c2-c2ccncn2)cc1. The van der Waals surface area contributed by atoms with Crippen LogP contribution in [0.5, 0.6) is 0 Å². The molecule has 4 nitrogen and oxygen atoms in total. The molecule has 0 aliphatic carbocycles. The van der Waals surface area contributed by atoms with Crippen molar-refractivity contribution in [3.8, 4) is 22.6 Å². The number of hydrogen-bond donors (Lipinski definition) is 1. The molecule has 2 heterocycles. The van der Waals surface area contributed by atoms with Gasteiger partial charge >= 0.3 is 0 Å². The molecule has 1 aromatic carbocycles. The van der Waals surface area contributed by atoms with E-state index in [1.165, 1.54) is 6.33 Å². The lowest BCUT2D eigenvalue weighted by atomic mass is 10.1. The predicted octanol–water partition coefficient (Wildman–Crippen LogP) is 2.53. The van der Waals surface area contributed by atoms with Crippen molar-refractivity contribution in [2.75, 3.05) is 0 Å². The van der Waals surface area contributed by atoms with Gasteiger partial charge in [0.1, 0.15) is 6.33 Å². The largest absolute Gasteiger partial charge is 0.343 e. The Labute approximate surface area is 98.4 Å². The Morgan fingerprint density at radius 1 is 0.941 bits per heavy atom. The van der Waals surface area contributed by atoms with E-state index in [2.05, 4.69) is 19.9 Å². The summed E-state index contributed by atoms with van der Waals surface area (Å²) in [7, 11) is 0. The van der Waals surface area contributed by atoms with E-state index in [-0.39, 0.29) is 0 Å². The summed E-state index contributed by atoms with van der Waals surface area (Å²) in [6.45, 7) is 0. The number of H-pyrrole nitrogens is 1. The zero-order valence-electron chi connectivity index (χ0n) is 9.04. The molecule has 0 saturated carbocycles. The van der Waals surface area contributed by atoms with Crippen LogP contribution in [0.1, 0.15) is 0 Å². The van der Waals surface area contributed by atoms with Gasteiger partial charge in [-0.3, -0.25) is 0 Å². The molecule has 3 rings (SSSR count). The standard InChI is InChI=1S/C13H10N4/c1-2-4-10(5-3-1)12-13(17-9-16-12)11-6-7-14-8-15-11/h1-9H,(H,16,17). The number of benzene rings is 1. The van der Waals surface area contributed by atoms with Crippen LogP contribution in [0.2, 0.25) is 0 Å². The topological polar surface area (TPSA) is 54.5 Å². The Bertz CT molecular complexity index is 548. The summed E-state index contributed by atoms with van der Waals surface area (Å²) in [5, 5.41) is 0. The first kappa shape index (κ1) is 9.72. The van der Waals surface area contributed by atoms with Gasteiger partial charge in [-0.2, -0.15) is 0 Å². The van der Waals surface area contributed by atoms with E-state index in [0.29, 0.717) is 0 Å². The van der Waals surface area contributed by atoms with Crippen molar-refractivity contribution >= 4 is 0 Å². The summed E-state index contributed by atoms with van der Waals surface area (Å²) < 4.78 is 0. The third-order valence-corrected chi connectivity index (χ3v) is 2.52. The summed E-state index contributed by atoms with van der Waals surface area (Å²) in [5.74, 6) is 0. The average Bonchev–Trinajstić information content (AvgIpc) is 2.90. The second kappa shape index (κ2) is 4.17. The van der Waals surface area contributed by atoms with E-state index in [9.17, 15) is 0 Å². The van der Waals surface area contributed by atoms with Crippen LogP contribution in [0.3, 0.4) is 0 Å². The van der Waals surface area contributed by atoms with Crippen molar-refractivity contribution in [3.05, 3.63) is 55.2 Å². The van der Waals surface area contributed by atoms with E-state index in [1.807, 2.05) is 36.4 Å². The molecule has 0 bridgehead atoms. The van der Waals surface area contributed by atoms with Crippen LogP contribution in [0.15, 0.2) is 55.2 Å². The summed E-state index contributed by atoms with van der Waals surface area (Å²) in [4.78, 5) is 15.6. The third kappa shape index (κ3) is 1.80. The molecule has 0 spiro atoms. The summed E-state index contributed by atoms with van der Waals surface area (Å²) in [5.41, 5.74) is 3.74. The van der Waals surface area contributed by atoms with Gasteiger partial charge in [-0.1, -0.05) is 30.3 Å². The van der Waals surface area contributed by atoms with Crippen molar-refractivity contribution in [2.45, 2.75) is 0 Å². The smallest absolute Gasteiger partial charge is 0.116 e. The third-order valence-electron chi connectivity index (χ3n) is 2.52. The fourth-order valence-corrected chi connectivity index (χ4v) is 1.74. The predicted molar refractivity (Wildman–Crippen MR) is 65.0 cm³/mol. The zero-order valence-corrected chi connectivity index (χ0v) is 9.04. The monoisotopic (exact) mass is 222 g/mol. The van der Waals surface area contributed by atoms with Crippen molar-refractivity contribution in [1.82, 2.24) is 19.9 Å². The first-order valence-electron chi connectivity index (χ1n) is 5.30. The molecule has 0 aliphatic heterocycles. The van der Waals surface area contributed by atoms with Crippen molar-refractivity contribution < 1.29 is 0 Å². The maximum atomic E-state index is 4.35. The maximum absolute atomic E-state index is 4.35. The first-order chi connectivity index (χ1) is 8.45. The summed E-state index contributed by atoms with van der Waals surface area (Å²) >= 11 is 0. The molecule has 17 heavy (non-hydrogen) atoms. The van der Waals surface area contributed by atoms with Crippen LogP contribution < -0.4 is 0 Å². The minimum absolute atomic E-state index is 0.844. The van der Waals surface area contributed by atoms with Gasteiger partial charge < -0.3 is 4.98 Å². The number of hydrogen-bond acceptors (Lipinski definition) is 3. The number of rotatable bonds is 2. The van der Waals surface area contributed by atoms with Crippen LogP contribution in [0, 0.1) is 0 Å². The number of imidazole rings is 1. The molecule has 0 fully saturated rings. The second-order valence-corrected chi connectivity index (χ2v) is 3.59. The van der Waals surface area contributed by atoms with Gasteiger partial charge in [0, 0.05) is 11.8 Å². The first-order valence-corrected chi connectivity index (χ1v) is 5.30. The average molecular weight is 222 g/mol. The highest BCUT2D eigenvalue weighted by atomic mass is 14.9. The van der Waals surface area contributed by atoms with Crippen LogP contribution in [0.25, 0.3) is 22.6 Å². The fraction of sp³-hybridized carbons (Fsp3) is 0. The van der Waals surface area contributed by atoms with E-state index >= 15 is 0 Å². The number of aromatic nitrogens is 4. The normalized spacial score (nSPS) is 10.4. The lowest BCUT2D eigenvalue weighted by molar-refractivity contribution is 1.16. The number of aromatic amines is 1. The molecule has 0 atom stereocenters. The molecule has 0 unspecified atom stereocenters. The molecule has 0 amide bonds. The van der Waals surface area contributed by atoms with Gasteiger partial charge in [-0.25, -0.2) is 15.0 Å². The Morgan fingerprint density at radius 2 is 1.82 bits per heavy atom. The van der Waals surface area contributed by atoms with E-state index < -0.39 is 0 Å². The Morgan fingerprint density at radius 3 is 2.59 bits per heavy atom. The van der Waals surface area contributed by atoms with Crippen molar-refractivity contribution in [1.29, 1.82) is 0 Å². The van der Waals surface area contributed by atoms with Gasteiger partial charge in [0.2, 0.25) is 0 Å². The molecule has 82 valence electrons. The van der Waals surface area contributed by atoms with E-state index in [0.717, 1.165) is 22.6 Å². The van der Waals surface area contributed by atoms with Gasteiger partial charge in [-0.05, 0) is 6.07 Å². The van der Waals surface area contributed by atoms with Gasteiger partial charge in [0.05, 0.1) is 23.4 Å². The molecule has 2 aromatic heterocycles. The van der Waals surface area contributed by atoms with Crippen LogP contribution in [-0.4, -0.2) is 19.9 Å². The highest BCUT2D eigenvalue weighted by Gasteiger charge is 2.10. The number of nitrogens with zero attached hydrogens (tertiary/aromatic N) is 3. The molecule has 0 aliphatic rings. The molecule has 0 radical (unpaired) electrons. The summed E-state index contributed by atoms with van der Waals surface area (Å²) in [6, 6.07) is 11.9. The molecule has 1 N–H and O–H groups in total. The van der Waals surface area contributed by atoms with E-state index in [4.69, 9.17) is 0 Å². The highest BCUT2D eigenvalue weighted by Crippen LogP contribution is 2.26.